The molecule has 8 heteroatoms. The van der Waals surface area contributed by atoms with Crippen molar-refractivity contribution in [3.8, 4) is 5.75 Å². The second-order valence-corrected chi connectivity index (χ2v) is 4.56. The van der Waals surface area contributed by atoms with Gasteiger partial charge in [0.05, 0.1) is 13.7 Å². The number of fused-ring (bicyclic) bond motifs is 1. The van der Waals surface area contributed by atoms with Gasteiger partial charge in [-0.3, -0.25) is 5.10 Å². The van der Waals surface area contributed by atoms with Crippen molar-refractivity contribution in [2.75, 3.05) is 19.0 Å². The van der Waals surface area contributed by atoms with Crippen LogP contribution in [0.5, 0.6) is 5.75 Å². The maximum absolute atomic E-state index is 12.0. The quantitative estimate of drug-likeness (QED) is 0.697. The lowest BCUT2D eigenvalue weighted by Crippen LogP contribution is -2.12. The lowest BCUT2D eigenvalue weighted by molar-refractivity contribution is 0.0512. The molecule has 0 unspecified atom stereocenters. The highest BCUT2D eigenvalue weighted by Gasteiger charge is 2.17. The van der Waals surface area contributed by atoms with Crippen LogP contribution in [-0.2, 0) is 4.74 Å². The minimum atomic E-state index is -0.592. The number of anilines is 2. The predicted molar refractivity (Wildman–Crippen MR) is 83.9 cm³/mol. The van der Waals surface area contributed by atoms with Crippen molar-refractivity contribution in [3.05, 3.63) is 36.3 Å². The molecule has 3 rings (SSSR count). The lowest BCUT2D eigenvalue weighted by atomic mass is 10.2. The standard InChI is InChI=1S/C15H15N5O3/c1-3-23-15(21)14-18-12-9(5-4-6-10(12)22-2)13(19-14)17-11-7-8-16-20-11/h4-8H,3H2,1-2H3,(H2,16,17,18,19,20). The third-order valence-corrected chi connectivity index (χ3v) is 3.11. The molecular weight excluding hydrogens is 298 g/mol. The number of benzene rings is 1. The molecule has 0 fully saturated rings. The Morgan fingerprint density at radius 2 is 2.17 bits per heavy atom. The fourth-order valence-electron chi connectivity index (χ4n) is 2.12. The van der Waals surface area contributed by atoms with Gasteiger partial charge >= 0.3 is 5.97 Å². The van der Waals surface area contributed by atoms with E-state index >= 15 is 0 Å². The van der Waals surface area contributed by atoms with E-state index in [1.54, 1.807) is 32.4 Å². The van der Waals surface area contributed by atoms with Crippen LogP contribution >= 0.6 is 0 Å². The number of para-hydroxylation sites is 1. The van der Waals surface area contributed by atoms with E-state index in [1.807, 2.05) is 12.1 Å². The Hall–Kier alpha value is -3.16. The Kier molecular flexibility index (Phi) is 4.05. The molecule has 2 N–H and O–H groups in total. The second-order valence-electron chi connectivity index (χ2n) is 4.56. The van der Waals surface area contributed by atoms with Crippen LogP contribution in [0.2, 0.25) is 0 Å². The summed E-state index contributed by atoms with van der Waals surface area (Å²) in [7, 11) is 1.54. The Labute approximate surface area is 131 Å². The molecule has 1 aromatic carbocycles. The van der Waals surface area contributed by atoms with Crippen LogP contribution in [0.3, 0.4) is 0 Å². The summed E-state index contributed by atoms with van der Waals surface area (Å²) in [4.78, 5) is 20.5. The van der Waals surface area contributed by atoms with Gasteiger partial charge in [-0.2, -0.15) is 5.10 Å². The number of carbonyl (C=O) groups is 1. The van der Waals surface area contributed by atoms with Crippen molar-refractivity contribution in [1.82, 2.24) is 20.2 Å². The van der Waals surface area contributed by atoms with Crippen LogP contribution in [0.15, 0.2) is 30.5 Å². The van der Waals surface area contributed by atoms with Crippen LogP contribution in [0, 0.1) is 0 Å². The van der Waals surface area contributed by atoms with Gasteiger partial charge in [0.25, 0.3) is 0 Å². The Morgan fingerprint density at radius 1 is 1.30 bits per heavy atom. The van der Waals surface area contributed by atoms with E-state index in [4.69, 9.17) is 9.47 Å². The first-order valence-corrected chi connectivity index (χ1v) is 7.01. The van der Waals surface area contributed by atoms with Crippen LogP contribution in [0.4, 0.5) is 11.6 Å². The van der Waals surface area contributed by atoms with Gasteiger partial charge in [-0.1, -0.05) is 6.07 Å². The monoisotopic (exact) mass is 313 g/mol. The van der Waals surface area contributed by atoms with E-state index in [9.17, 15) is 4.79 Å². The summed E-state index contributed by atoms with van der Waals surface area (Å²) >= 11 is 0. The fourth-order valence-corrected chi connectivity index (χ4v) is 2.12. The third kappa shape index (κ3) is 2.91. The van der Waals surface area contributed by atoms with Crippen LogP contribution in [0.25, 0.3) is 10.9 Å². The van der Waals surface area contributed by atoms with E-state index in [1.165, 1.54) is 0 Å². The Morgan fingerprint density at radius 3 is 2.87 bits per heavy atom. The number of ether oxygens (including phenoxy) is 2. The normalized spacial score (nSPS) is 10.5. The molecule has 8 nitrogen and oxygen atoms in total. The van der Waals surface area contributed by atoms with Gasteiger partial charge in [-0.25, -0.2) is 14.8 Å². The Balaban J connectivity index is 2.16. The average Bonchev–Trinajstić information content (AvgIpc) is 3.07. The number of methoxy groups -OCH3 is 1. The number of esters is 1. The summed E-state index contributed by atoms with van der Waals surface area (Å²) in [5.41, 5.74) is 0.520. The zero-order chi connectivity index (χ0) is 16.2. The molecule has 0 saturated heterocycles. The maximum atomic E-state index is 12.0. The zero-order valence-corrected chi connectivity index (χ0v) is 12.7. The molecule has 0 aliphatic rings. The van der Waals surface area contributed by atoms with Crippen molar-refractivity contribution in [2.24, 2.45) is 0 Å². The molecule has 0 radical (unpaired) electrons. The average molecular weight is 313 g/mol. The molecule has 3 aromatic rings. The van der Waals surface area contributed by atoms with Crippen LogP contribution in [-0.4, -0.2) is 39.9 Å². The van der Waals surface area contributed by atoms with Crippen molar-refractivity contribution in [1.29, 1.82) is 0 Å². The highest BCUT2D eigenvalue weighted by Crippen LogP contribution is 2.29. The number of aromatic nitrogens is 4. The summed E-state index contributed by atoms with van der Waals surface area (Å²) in [5.74, 6) is 0.930. The Bertz CT molecular complexity index is 832. The molecule has 2 aromatic heterocycles. The minimum absolute atomic E-state index is 0.0399. The maximum Gasteiger partial charge on any atom is 0.376 e. The second kappa shape index (κ2) is 6.30. The van der Waals surface area contributed by atoms with Gasteiger partial charge in [-0.15, -0.1) is 0 Å². The largest absolute Gasteiger partial charge is 0.494 e. The molecule has 118 valence electrons. The number of hydrogen-bond donors (Lipinski definition) is 2. The van der Waals surface area contributed by atoms with Gasteiger partial charge in [-0.05, 0) is 19.1 Å². The topological polar surface area (TPSA) is 102 Å². The molecule has 0 atom stereocenters. The number of aromatic amines is 1. The first kappa shape index (κ1) is 14.8. The van der Waals surface area contributed by atoms with E-state index in [0.29, 0.717) is 28.3 Å². The SMILES string of the molecule is CCOC(=O)c1nc(Nc2cc[nH]n2)c2cccc(OC)c2n1. The molecule has 23 heavy (non-hydrogen) atoms. The first-order valence-electron chi connectivity index (χ1n) is 7.01. The minimum Gasteiger partial charge on any atom is -0.494 e. The van der Waals surface area contributed by atoms with Crippen LogP contribution < -0.4 is 10.1 Å². The van der Waals surface area contributed by atoms with E-state index in [2.05, 4.69) is 25.5 Å². The zero-order valence-electron chi connectivity index (χ0n) is 12.7. The van der Waals surface area contributed by atoms with E-state index in [0.717, 1.165) is 0 Å². The molecular formula is C15H15N5O3. The number of H-pyrrole nitrogens is 1. The highest BCUT2D eigenvalue weighted by molar-refractivity contribution is 5.97. The predicted octanol–water partition coefficient (Wildman–Crippen LogP) is 2.28. The molecule has 0 bridgehead atoms. The van der Waals surface area contributed by atoms with Crippen molar-refractivity contribution < 1.29 is 14.3 Å². The summed E-state index contributed by atoms with van der Waals surface area (Å²) < 4.78 is 10.3. The van der Waals surface area contributed by atoms with E-state index in [-0.39, 0.29) is 12.4 Å². The van der Waals surface area contributed by atoms with Crippen molar-refractivity contribution in [3.63, 3.8) is 0 Å². The smallest absolute Gasteiger partial charge is 0.376 e. The number of hydrogen-bond acceptors (Lipinski definition) is 7. The van der Waals surface area contributed by atoms with Crippen molar-refractivity contribution in [2.45, 2.75) is 6.92 Å². The van der Waals surface area contributed by atoms with Gasteiger partial charge in [0, 0.05) is 17.6 Å². The molecule has 0 aliphatic heterocycles. The fraction of sp³-hybridized carbons (Fsp3) is 0.200. The molecule has 0 saturated carbocycles. The first-order chi connectivity index (χ1) is 11.2. The van der Waals surface area contributed by atoms with E-state index < -0.39 is 5.97 Å². The molecule has 2 heterocycles. The van der Waals surface area contributed by atoms with Crippen molar-refractivity contribution >= 4 is 28.5 Å². The highest BCUT2D eigenvalue weighted by atomic mass is 16.5. The van der Waals surface area contributed by atoms with Gasteiger partial charge < -0.3 is 14.8 Å². The number of nitrogens with one attached hydrogen (secondary N) is 2. The summed E-state index contributed by atoms with van der Waals surface area (Å²) in [6.07, 6.45) is 1.68. The number of rotatable bonds is 5. The van der Waals surface area contributed by atoms with Gasteiger partial charge in [0.2, 0.25) is 5.82 Å². The lowest BCUT2D eigenvalue weighted by Gasteiger charge is -2.11. The third-order valence-electron chi connectivity index (χ3n) is 3.11. The van der Waals surface area contributed by atoms with Crippen LogP contribution in [0.1, 0.15) is 17.5 Å². The summed E-state index contributed by atoms with van der Waals surface area (Å²) in [6.45, 7) is 1.97. The van der Waals surface area contributed by atoms with Gasteiger partial charge in [0.1, 0.15) is 17.1 Å². The molecule has 0 spiro atoms. The molecule has 0 amide bonds. The number of nitrogens with zero attached hydrogens (tertiary/aromatic N) is 3. The number of carbonyl (C=O) groups excluding carboxylic acids is 1. The summed E-state index contributed by atoms with van der Waals surface area (Å²) in [5, 5.41) is 10.5. The molecule has 0 aliphatic carbocycles. The summed E-state index contributed by atoms with van der Waals surface area (Å²) in [6, 6.07) is 7.17. The van der Waals surface area contributed by atoms with Gasteiger partial charge in [0.15, 0.2) is 5.82 Å².